The number of nitrogens with one attached hydrogen (secondary N) is 1. The largest absolute Gasteiger partial charge is 0.491 e. The minimum absolute atomic E-state index is 0.145. The Labute approximate surface area is 104 Å². The van der Waals surface area contributed by atoms with Gasteiger partial charge in [0.25, 0.3) is 0 Å². The summed E-state index contributed by atoms with van der Waals surface area (Å²) in [6.45, 7) is 3.46. The van der Waals surface area contributed by atoms with E-state index >= 15 is 0 Å². The summed E-state index contributed by atoms with van der Waals surface area (Å²) in [5.74, 6) is -2.62. The van der Waals surface area contributed by atoms with Crippen molar-refractivity contribution in [2.24, 2.45) is 0 Å². The molecule has 0 heterocycles. The van der Waals surface area contributed by atoms with E-state index in [1.54, 1.807) is 6.92 Å². The van der Waals surface area contributed by atoms with E-state index in [4.69, 9.17) is 4.74 Å². The molecule has 1 N–H and O–H groups in total. The van der Waals surface area contributed by atoms with E-state index < -0.39 is 29.4 Å². The van der Waals surface area contributed by atoms with Gasteiger partial charge in [0, 0.05) is 17.8 Å². The lowest BCUT2D eigenvalue weighted by Crippen LogP contribution is -2.28. The van der Waals surface area contributed by atoms with Crippen LogP contribution in [0.25, 0.3) is 0 Å². The van der Waals surface area contributed by atoms with Gasteiger partial charge in [0.2, 0.25) is 0 Å². The van der Waals surface area contributed by atoms with E-state index in [-0.39, 0.29) is 12.3 Å². The van der Waals surface area contributed by atoms with Crippen molar-refractivity contribution in [3.05, 3.63) is 23.8 Å². The third-order valence-electron chi connectivity index (χ3n) is 2.23. The standard InChI is InChI=1S/C12H15F2NO3/c1-4-18-12(16)7(2)15-8-5-9(13)11(17-3)10(14)6-8/h5-7,15H,4H2,1-3H3/t7-/m1/s1. The van der Waals surface area contributed by atoms with Gasteiger partial charge in [-0.15, -0.1) is 0 Å². The molecule has 0 spiro atoms. The van der Waals surface area contributed by atoms with Crippen LogP contribution in [0, 0.1) is 11.6 Å². The summed E-state index contributed by atoms with van der Waals surface area (Å²) in [4.78, 5) is 11.3. The van der Waals surface area contributed by atoms with Crippen LogP contribution < -0.4 is 10.1 Å². The van der Waals surface area contributed by atoms with Crippen LogP contribution in [-0.2, 0) is 9.53 Å². The van der Waals surface area contributed by atoms with Crippen molar-refractivity contribution in [3.8, 4) is 5.75 Å². The number of methoxy groups -OCH3 is 1. The van der Waals surface area contributed by atoms with Gasteiger partial charge in [0.15, 0.2) is 17.4 Å². The molecule has 0 aliphatic carbocycles. The second-order valence-electron chi connectivity index (χ2n) is 3.59. The Hall–Kier alpha value is -1.85. The zero-order valence-corrected chi connectivity index (χ0v) is 10.4. The molecule has 1 rings (SSSR count). The number of hydrogen-bond acceptors (Lipinski definition) is 4. The lowest BCUT2D eigenvalue weighted by molar-refractivity contribution is -0.143. The number of rotatable bonds is 5. The van der Waals surface area contributed by atoms with Gasteiger partial charge in [-0.2, -0.15) is 0 Å². The van der Waals surface area contributed by atoms with Crippen LogP contribution in [0.1, 0.15) is 13.8 Å². The monoisotopic (exact) mass is 259 g/mol. The number of hydrogen-bond donors (Lipinski definition) is 1. The maximum Gasteiger partial charge on any atom is 0.328 e. The Bertz CT molecular complexity index is 414. The molecule has 18 heavy (non-hydrogen) atoms. The van der Waals surface area contributed by atoms with Crippen molar-refractivity contribution >= 4 is 11.7 Å². The van der Waals surface area contributed by atoms with Crippen LogP contribution in [-0.4, -0.2) is 25.7 Å². The Morgan fingerprint density at radius 2 is 1.94 bits per heavy atom. The first kappa shape index (κ1) is 14.2. The van der Waals surface area contributed by atoms with E-state index in [1.807, 2.05) is 0 Å². The molecule has 0 radical (unpaired) electrons. The Morgan fingerprint density at radius 1 is 1.39 bits per heavy atom. The predicted octanol–water partition coefficient (Wildman–Crippen LogP) is 2.34. The second-order valence-corrected chi connectivity index (χ2v) is 3.59. The van der Waals surface area contributed by atoms with Gasteiger partial charge in [0.05, 0.1) is 13.7 Å². The van der Waals surface area contributed by atoms with Crippen molar-refractivity contribution in [2.75, 3.05) is 19.0 Å². The van der Waals surface area contributed by atoms with E-state index in [9.17, 15) is 13.6 Å². The highest BCUT2D eigenvalue weighted by molar-refractivity contribution is 5.78. The topological polar surface area (TPSA) is 47.6 Å². The molecule has 0 saturated heterocycles. The Kier molecular flexibility index (Phi) is 4.88. The van der Waals surface area contributed by atoms with Crippen LogP contribution in [0.3, 0.4) is 0 Å². The number of esters is 1. The normalized spacial score (nSPS) is 11.8. The van der Waals surface area contributed by atoms with Gasteiger partial charge in [-0.05, 0) is 13.8 Å². The van der Waals surface area contributed by atoms with Gasteiger partial charge in [0.1, 0.15) is 6.04 Å². The summed E-state index contributed by atoms with van der Waals surface area (Å²) in [6.07, 6.45) is 0. The molecule has 6 heteroatoms. The minimum Gasteiger partial charge on any atom is -0.491 e. The van der Waals surface area contributed by atoms with Crippen LogP contribution in [0.15, 0.2) is 12.1 Å². The van der Waals surface area contributed by atoms with Gasteiger partial charge in [-0.25, -0.2) is 13.6 Å². The highest BCUT2D eigenvalue weighted by atomic mass is 19.1. The predicted molar refractivity (Wildman–Crippen MR) is 62.6 cm³/mol. The molecule has 0 bridgehead atoms. The van der Waals surface area contributed by atoms with Gasteiger partial charge < -0.3 is 14.8 Å². The fourth-order valence-corrected chi connectivity index (χ4v) is 1.41. The summed E-state index contributed by atoms with van der Waals surface area (Å²) < 4.78 is 36.1. The number of ether oxygens (including phenoxy) is 2. The van der Waals surface area contributed by atoms with E-state index in [0.29, 0.717) is 0 Å². The number of anilines is 1. The smallest absolute Gasteiger partial charge is 0.328 e. The molecule has 1 aromatic carbocycles. The maximum absolute atomic E-state index is 13.4. The first-order valence-corrected chi connectivity index (χ1v) is 5.45. The van der Waals surface area contributed by atoms with Crippen LogP contribution >= 0.6 is 0 Å². The first-order chi connectivity index (χ1) is 8.49. The number of benzene rings is 1. The van der Waals surface area contributed by atoms with Gasteiger partial charge in [-0.3, -0.25) is 0 Å². The minimum atomic E-state index is -0.837. The SMILES string of the molecule is CCOC(=O)[C@@H](C)Nc1cc(F)c(OC)c(F)c1. The first-order valence-electron chi connectivity index (χ1n) is 5.45. The highest BCUT2D eigenvalue weighted by Crippen LogP contribution is 2.25. The molecule has 4 nitrogen and oxygen atoms in total. The fourth-order valence-electron chi connectivity index (χ4n) is 1.41. The fraction of sp³-hybridized carbons (Fsp3) is 0.417. The van der Waals surface area contributed by atoms with Gasteiger partial charge >= 0.3 is 5.97 Å². The molecule has 0 aliphatic heterocycles. The molecule has 0 unspecified atom stereocenters. The summed E-state index contributed by atoms with van der Waals surface area (Å²) in [5.41, 5.74) is 0.145. The number of carbonyl (C=O) groups is 1. The second kappa shape index (κ2) is 6.18. The lowest BCUT2D eigenvalue weighted by Gasteiger charge is -2.14. The highest BCUT2D eigenvalue weighted by Gasteiger charge is 2.16. The summed E-state index contributed by atoms with van der Waals surface area (Å²) in [7, 11) is 1.18. The van der Waals surface area contributed by atoms with Crippen molar-refractivity contribution in [3.63, 3.8) is 0 Å². The number of carbonyl (C=O) groups excluding carboxylic acids is 1. The third-order valence-corrected chi connectivity index (χ3v) is 2.23. The maximum atomic E-state index is 13.4. The van der Waals surface area contributed by atoms with E-state index in [1.165, 1.54) is 14.0 Å². The molecular weight excluding hydrogens is 244 g/mol. The van der Waals surface area contributed by atoms with E-state index in [2.05, 4.69) is 10.1 Å². The molecule has 0 fully saturated rings. The Morgan fingerprint density at radius 3 is 2.39 bits per heavy atom. The van der Waals surface area contributed by atoms with Crippen molar-refractivity contribution in [1.82, 2.24) is 0 Å². The average molecular weight is 259 g/mol. The quantitative estimate of drug-likeness (QED) is 0.824. The summed E-state index contributed by atoms with van der Waals surface area (Å²) in [5, 5.41) is 2.65. The molecule has 1 aromatic rings. The Balaban J connectivity index is 2.83. The third kappa shape index (κ3) is 3.32. The number of halogens is 2. The molecule has 0 saturated carbocycles. The van der Waals surface area contributed by atoms with Crippen LogP contribution in [0.2, 0.25) is 0 Å². The summed E-state index contributed by atoms with van der Waals surface area (Å²) in [6, 6.07) is 1.41. The zero-order chi connectivity index (χ0) is 13.7. The van der Waals surface area contributed by atoms with Crippen molar-refractivity contribution in [2.45, 2.75) is 19.9 Å². The zero-order valence-electron chi connectivity index (χ0n) is 10.4. The molecule has 0 amide bonds. The van der Waals surface area contributed by atoms with Crippen molar-refractivity contribution < 1.29 is 23.0 Å². The lowest BCUT2D eigenvalue weighted by atomic mass is 10.2. The van der Waals surface area contributed by atoms with Crippen LogP contribution in [0.5, 0.6) is 5.75 Å². The molecule has 0 aliphatic rings. The molecule has 1 atom stereocenters. The summed E-state index contributed by atoms with van der Waals surface area (Å²) >= 11 is 0. The molecule has 100 valence electrons. The van der Waals surface area contributed by atoms with Crippen molar-refractivity contribution in [1.29, 1.82) is 0 Å². The van der Waals surface area contributed by atoms with Crippen LogP contribution in [0.4, 0.5) is 14.5 Å². The molecular formula is C12H15F2NO3. The average Bonchev–Trinajstić information content (AvgIpc) is 2.28. The molecule has 0 aromatic heterocycles. The van der Waals surface area contributed by atoms with E-state index in [0.717, 1.165) is 12.1 Å². The van der Waals surface area contributed by atoms with Gasteiger partial charge in [-0.1, -0.05) is 0 Å².